The van der Waals surface area contributed by atoms with Crippen LogP contribution in [0.4, 0.5) is 0 Å². The molecule has 0 radical (unpaired) electrons. The van der Waals surface area contributed by atoms with Gasteiger partial charge in [0, 0.05) is 4.88 Å². The molecule has 1 aromatic heterocycles. The van der Waals surface area contributed by atoms with Gasteiger partial charge < -0.3 is 11.2 Å². The quantitative estimate of drug-likeness (QED) is 0.821. The zero-order valence-electron chi connectivity index (χ0n) is 7.83. The maximum absolute atomic E-state index is 5.64. The molecule has 1 rings (SSSR count). The summed E-state index contributed by atoms with van der Waals surface area (Å²) in [4.78, 5) is 5.57. The first kappa shape index (κ1) is 18.8. The Labute approximate surface area is 94.9 Å². The van der Waals surface area contributed by atoms with Crippen LogP contribution in [-0.2, 0) is 0 Å². The van der Waals surface area contributed by atoms with Crippen LogP contribution in [0.1, 0.15) is 28.5 Å². The number of hydrogen-bond donors (Lipinski definition) is 1. The minimum absolute atomic E-state index is 0. The van der Waals surface area contributed by atoms with Crippen LogP contribution in [-0.4, -0.2) is 10.5 Å². The molecule has 0 fully saturated rings. The lowest BCUT2D eigenvalue weighted by molar-refractivity contribution is 0.803. The van der Waals surface area contributed by atoms with Gasteiger partial charge in [0.1, 0.15) is 5.01 Å². The summed E-state index contributed by atoms with van der Waals surface area (Å²) in [6.45, 7) is 6.04. The van der Waals surface area contributed by atoms with E-state index in [1.807, 2.05) is 13.8 Å². The Kier molecular flexibility index (Phi) is 10.9. The van der Waals surface area contributed by atoms with E-state index in [0.717, 1.165) is 10.7 Å². The summed E-state index contributed by atoms with van der Waals surface area (Å²) in [6, 6.07) is 0.0809. The van der Waals surface area contributed by atoms with Gasteiger partial charge >= 0.3 is 0 Å². The first-order valence-corrected chi connectivity index (χ1v) is 4.12. The Morgan fingerprint density at radius 2 is 1.77 bits per heavy atom. The highest BCUT2D eigenvalue weighted by molar-refractivity contribution is 7.11. The van der Waals surface area contributed by atoms with Gasteiger partial charge in [-0.3, -0.25) is 0 Å². The van der Waals surface area contributed by atoms with Crippen molar-refractivity contribution in [2.75, 3.05) is 0 Å². The summed E-state index contributed by atoms with van der Waals surface area (Å²) in [5, 5.41) is 1.04. The van der Waals surface area contributed by atoms with Crippen molar-refractivity contribution in [1.82, 2.24) is 4.98 Å². The fourth-order valence-electron chi connectivity index (χ4n) is 0.692. The maximum Gasteiger partial charge on any atom is 0.110 e. The minimum Gasteiger partial charge on any atom is -0.412 e. The van der Waals surface area contributed by atoms with Crippen LogP contribution in [0.2, 0.25) is 0 Å². The molecule has 0 aliphatic carbocycles. The van der Waals surface area contributed by atoms with Gasteiger partial charge in [-0.25, -0.2) is 4.98 Å². The van der Waals surface area contributed by atoms with E-state index in [-0.39, 0.29) is 36.3 Å². The van der Waals surface area contributed by atoms with Gasteiger partial charge in [-0.2, -0.15) is 0 Å². The molecule has 0 saturated heterocycles. The zero-order valence-corrected chi connectivity index (χ0v) is 10.3. The molecular formula is C7H16Cl2N2OS. The molecule has 0 aliphatic heterocycles. The van der Waals surface area contributed by atoms with Crippen LogP contribution in [0.3, 0.4) is 0 Å². The van der Waals surface area contributed by atoms with E-state index >= 15 is 0 Å². The smallest absolute Gasteiger partial charge is 0.110 e. The number of aromatic nitrogens is 1. The number of halogens is 2. The van der Waals surface area contributed by atoms with Crippen molar-refractivity contribution in [3.05, 3.63) is 15.6 Å². The first-order valence-electron chi connectivity index (χ1n) is 3.30. The lowest BCUT2D eigenvalue weighted by atomic mass is 10.4. The summed E-state index contributed by atoms with van der Waals surface area (Å²) in [6.07, 6.45) is 0. The van der Waals surface area contributed by atoms with Gasteiger partial charge in [-0.1, -0.05) is 0 Å². The average molecular weight is 247 g/mol. The minimum atomic E-state index is 0. The van der Waals surface area contributed by atoms with Gasteiger partial charge in [-0.05, 0) is 20.8 Å². The normalized spacial score (nSPS) is 10.5. The summed E-state index contributed by atoms with van der Waals surface area (Å²) in [7, 11) is 0. The molecule has 6 heteroatoms. The van der Waals surface area contributed by atoms with Crippen molar-refractivity contribution in [2.24, 2.45) is 5.73 Å². The molecule has 0 aliphatic rings. The van der Waals surface area contributed by atoms with Crippen molar-refractivity contribution in [2.45, 2.75) is 26.8 Å². The highest BCUT2D eigenvalue weighted by Crippen LogP contribution is 2.20. The Balaban J connectivity index is -0.000000333. The number of nitrogens with two attached hydrogens (primary N) is 1. The van der Waals surface area contributed by atoms with E-state index in [9.17, 15) is 0 Å². The second-order valence-electron chi connectivity index (χ2n) is 2.48. The predicted octanol–water partition coefficient (Wildman–Crippen LogP) is 1.80. The Morgan fingerprint density at radius 3 is 1.92 bits per heavy atom. The zero-order chi connectivity index (χ0) is 7.72. The number of thiazole rings is 1. The molecule has 1 unspecified atom stereocenters. The molecule has 3 nitrogen and oxygen atoms in total. The van der Waals surface area contributed by atoms with E-state index in [0.29, 0.717) is 0 Å². The topological polar surface area (TPSA) is 70.4 Å². The highest BCUT2D eigenvalue weighted by atomic mass is 35.5. The Hall–Kier alpha value is 0.130. The molecule has 0 bridgehead atoms. The maximum atomic E-state index is 5.64. The van der Waals surface area contributed by atoms with Crippen LogP contribution in [0.25, 0.3) is 0 Å². The van der Waals surface area contributed by atoms with E-state index in [4.69, 9.17) is 5.73 Å². The second kappa shape index (κ2) is 7.53. The molecule has 1 heterocycles. The standard InChI is InChI=1S/C7H12N2S.2ClH.H2O/c1-4(8)7-9-5(2)6(3)10-7;;;/h4H,8H2,1-3H3;2*1H;1H2. The lowest BCUT2D eigenvalue weighted by Gasteiger charge is -1.95. The van der Waals surface area contributed by atoms with E-state index < -0.39 is 0 Å². The molecule has 80 valence electrons. The Morgan fingerprint density at radius 1 is 1.31 bits per heavy atom. The van der Waals surface area contributed by atoms with Crippen molar-refractivity contribution in [3.63, 3.8) is 0 Å². The number of aryl methyl sites for hydroxylation is 2. The molecule has 0 aromatic carbocycles. The lowest BCUT2D eigenvalue weighted by Crippen LogP contribution is -2.03. The van der Waals surface area contributed by atoms with Crippen LogP contribution in [0.5, 0.6) is 0 Å². The highest BCUT2D eigenvalue weighted by Gasteiger charge is 2.06. The van der Waals surface area contributed by atoms with Crippen LogP contribution in [0, 0.1) is 13.8 Å². The second-order valence-corrected chi connectivity index (χ2v) is 3.72. The van der Waals surface area contributed by atoms with Gasteiger partial charge in [-0.15, -0.1) is 36.2 Å². The van der Waals surface area contributed by atoms with Crippen LogP contribution >= 0.6 is 36.2 Å². The molecule has 13 heavy (non-hydrogen) atoms. The van der Waals surface area contributed by atoms with Crippen molar-refractivity contribution in [3.8, 4) is 0 Å². The molecule has 0 saturated carbocycles. The van der Waals surface area contributed by atoms with Gasteiger partial charge in [0.25, 0.3) is 0 Å². The predicted molar refractivity (Wildman–Crippen MR) is 62.3 cm³/mol. The summed E-state index contributed by atoms with van der Waals surface area (Å²) in [5.41, 5.74) is 6.75. The SMILES string of the molecule is Cc1nc(C(C)N)sc1C.Cl.Cl.O. The molecule has 0 spiro atoms. The van der Waals surface area contributed by atoms with E-state index in [1.165, 1.54) is 4.88 Å². The van der Waals surface area contributed by atoms with Gasteiger partial charge in [0.15, 0.2) is 0 Å². The van der Waals surface area contributed by atoms with Gasteiger partial charge in [0.2, 0.25) is 0 Å². The molecule has 1 aromatic rings. The fraction of sp³-hybridized carbons (Fsp3) is 0.571. The largest absolute Gasteiger partial charge is 0.412 e. The van der Waals surface area contributed by atoms with Crippen molar-refractivity contribution < 1.29 is 5.48 Å². The van der Waals surface area contributed by atoms with Crippen LogP contribution in [0.15, 0.2) is 0 Å². The first-order chi connectivity index (χ1) is 4.61. The monoisotopic (exact) mass is 246 g/mol. The number of rotatable bonds is 1. The van der Waals surface area contributed by atoms with Crippen molar-refractivity contribution >= 4 is 36.2 Å². The van der Waals surface area contributed by atoms with E-state index in [1.54, 1.807) is 11.3 Å². The molecule has 4 N–H and O–H groups in total. The summed E-state index contributed by atoms with van der Waals surface area (Å²) < 4.78 is 0. The molecule has 0 amide bonds. The van der Waals surface area contributed by atoms with Gasteiger partial charge in [0.05, 0.1) is 11.7 Å². The number of nitrogens with zero attached hydrogens (tertiary/aromatic N) is 1. The summed E-state index contributed by atoms with van der Waals surface area (Å²) in [5.74, 6) is 0. The average Bonchev–Trinajstić information content (AvgIpc) is 2.13. The van der Waals surface area contributed by atoms with Crippen molar-refractivity contribution in [1.29, 1.82) is 0 Å². The molecule has 1 atom stereocenters. The third kappa shape index (κ3) is 4.78. The molecular weight excluding hydrogens is 231 g/mol. The third-order valence-corrected chi connectivity index (χ3v) is 2.71. The van der Waals surface area contributed by atoms with Crippen LogP contribution < -0.4 is 5.73 Å². The third-order valence-electron chi connectivity index (χ3n) is 1.43. The summed E-state index contributed by atoms with van der Waals surface area (Å²) >= 11 is 1.69. The number of hydrogen-bond acceptors (Lipinski definition) is 3. The Bertz CT molecular complexity index is 221. The van der Waals surface area contributed by atoms with E-state index in [2.05, 4.69) is 11.9 Å². The fourth-order valence-corrected chi connectivity index (χ4v) is 1.57.